The van der Waals surface area contributed by atoms with Crippen LogP contribution >= 0.6 is 0 Å². The summed E-state index contributed by atoms with van der Waals surface area (Å²) in [6, 6.07) is 6.78. The van der Waals surface area contributed by atoms with Gasteiger partial charge < -0.3 is 15.5 Å². The first-order valence-electron chi connectivity index (χ1n) is 9.30. The van der Waals surface area contributed by atoms with Crippen molar-refractivity contribution < 1.29 is 9.18 Å². The average Bonchev–Trinajstić information content (AvgIpc) is 2.62. The number of anilines is 2. The van der Waals surface area contributed by atoms with Gasteiger partial charge in [0.05, 0.1) is 11.8 Å². The summed E-state index contributed by atoms with van der Waals surface area (Å²) in [5.74, 6) is -0.572. The highest BCUT2D eigenvalue weighted by Crippen LogP contribution is 2.28. The predicted molar refractivity (Wildman–Crippen MR) is 103 cm³/mol. The molecule has 0 spiro atoms. The van der Waals surface area contributed by atoms with Gasteiger partial charge in [0.25, 0.3) is 0 Å². The number of hydrogen-bond acceptors (Lipinski definition) is 4. The van der Waals surface area contributed by atoms with Gasteiger partial charge in [-0.3, -0.25) is 4.79 Å². The number of carbonyl (C=O) groups is 1. The van der Waals surface area contributed by atoms with Crippen molar-refractivity contribution in [1.29, 1.82) is 5.26 Å². The molecule has 2 rings (SSSR count). The lowest BCUT2D eigenvalue weighted by Gasteiger charge is -2.32. The van der Waals surface area contributed by atoms with Gasteiger partial charge in [-0.25, -0.2) is 4.39 Å². The van der Waals surface area contributed by atoms with Gasteiger partial charge in [-0.15, -0.1) is 0 Å². The average molecular weight is 360 g/mol. The van der Waals surface area contributed by atoms with Crippen molar-refractivity contribution in [2.45, 2.75) is 70.5 Å². The summed E-state index contributed by atoms with van der Waals surface area (Å²) < 4.78 is 14.4. The van der Waals surface area contributed by atoms with Gasteiger partial charge >= 0.3 is 0 Å². The normalized spacial score (nSPS) is 17.3. The van der Waals surface area contributed by atoms with E-state index in [-0.39, 0.29) is 17.8 Å². The Kier molecular flexibility index (Phi) is 6.47. The fourth-order valence-electron chi connectivity index (χ4n) is 3.24. The van der Waals surface area contributed by atoms with E-state index >= 15 is 0 Å². The van der Waals surface area contributed by atoms with Crippen LogP contribution in [0, 0.1) is 17.1 Å². The molecule has 1 atom stereocenters. The molecule has 0 bridgehead atoms. The van der Waals surface area contributed by atoms with Crippen LogP contribution in [0.4, 0.5) is 15.8 Å². The van der Waals surface area contributed by atoms with E-state index in [0.29, 0.717) is 24.2 Å². The predicted octanol–water partition coefficient (Wildman–Crippen LogP) is 3.81. The minimum atomic E-state index is -0.764. The van der Waals surface area contributed by atoms with Crippen LogP contribution in [0.25, 0.3) is 0 Å². The summed E-state index contributed by atoms with van der Waals surface area (Å²) in [6.07, 6.45) is 4.38. The van der Waals surface area contributed by atoms with Crippen LogP contribution in [-0.4, -0.2) is 30.6 Å². The highest BCUT2D eigenvalue weighted by atomic mass is 19.1. The second-order valence-corrected chi connectivity index (χ2v) is 7.48. The SMILES string of the molecule is CC(C)N(C)c1ccc(N[C@H](C)C(=O)NC2(C#N)CCCCC2)cc1F. The van der Waals surface area contributed by atoms with Crippen LogP contribution in [0.3, 0.4) is 0 Å². The Balaban J connectivity index is 2.02. The molecule has 0 heterocycles. The van der Waals surface area contributed by atoms with Crippen LogP contribution in [0.1, 0.15) is 52.9 Å². The Morgan fingerprint density at radius 3 is 2.46 bits per heavy atom. The van der Waals surface area contributed by atoms with Crippen LogP contribution < -0.4 is 15.5 Å². The third kappa shape index (κ3) is 4.66. The summed E-state index contributed by atoms with van der Waals surface area (Å²) in [4.78, 5) is 14.4. The molecule has 6 heteroatoms. The molecule has 0 unspecified atom stereocenters. The number of nitrogens with zero attached hydrogens (tertiary/aromatic N) is 2. The maximum atomic E-state index is 14.4. The standard InChI is InChI=1S/C20H29FN4O/c1-14(2)25(4)18-9-8-16(12-17(18)21)23-15(3)19(26)24-20(13-22)10-6-5-7-11-20/h8-9,12,14-15,23H,5-7,10-11H2,1-4H3,(H,24,26)/t15-/m1/s1. The number of carbonyl (C=O) groups excluding carboxylic acids is 1. The second-order valence-electron chi connectivity index (χ2n) is 7.48. The van der Waals surface area contributed by atoms with Crippen molar-refractivity contribution in [3.63, 3.8) is 0 Å². The Morgan fingerprint density at radius 1 is 1.27 bits per heavy atom. The number of halogens is 1. The molecule has 0 saturated heterocycles. The second kappa shape index (κ2) is 8.39. The van der Waals surface area contributed by atoms with Crippen molar-refractivity contribution in [2.24, 2.45) is 0 Å². The Labute approximate surface area is 155 Å². The molecule has 0 aliphatic heterocycles. The lowest BCUT2D eigenvalue weighted by Crippen LogP contribution is -2.52. The van der Waals surface area contributed by atoms with Crippen LogP contribution in [0.2, 0.25) is 0 Å². The first-order chi connectivity index (χ1) is 12.3. The van der Waals surface area contributed by atoms with Gasteiger partial charge in [0.1, 0.15) is 17.4 Å². The van der Waals surface area contributed by atoms with Crippen LogP contribution in [-0.2, 0) is 4.79 Å². The molecule has 142 valence electrons. The maximum absolute atomic E-state index is 14.4. The van der Waals surface area contributed by atoms with Gasteiger partial charge in [-0.1, -0.05) is 19.3 Å². The van der Waals surface area contributed by atoms with E-state index in [9.17, 15) is 14.4 Å². The Morgan fingerprint density at radius 2 is 1.92 bits per heavy atom. The maximum Gasteiger partial charge on any atom is 0.243 e. The summed E-state index contributed by atoms with van der Waals surface area (Å²) >= 11 is 0. The lowest BCUT2D eigenvalue weighted by molar-refractivity contribution is -0.123. The smallest absolute Gasteiger partial charge is 0.243 e. The van der Waals surface area contributed by atoms with E-state index in [0.717, 1.165) is 19.3 Å². The van der Waals surface area contributed by atoms with Crippen molar-refractivity contribution in [3.05, 3.63) is 24.0 Å². The molecule has 0 radical (unpaired) electrons. The molecular weight excluding hydrogens is 331 g/mol. The molecule has 1 amide bonds. The zero-order valence-corrected chi connectivity index (χ0v) is 16.1. The first kappa shape index (κ1) is 20.0. The molecule has 1 aromatic rings. The van der Waals surface area contributed by atoms with E-state index < -0.39 is 11.6 Å². The summed E-state index contributed by atoms with van der Waals surface area (Å²) in [6.45, 7) is 5.71. The fraction of sp³-hybridized carbons (Fsp3) is 0.600. The summed E-state index contributed by atoms with van der Waals surface area (Å²) in [7, 11) is 1.85. The van der Waals surface area contributed by atoms with Gasteiger partial charge in [-0.05, 0) is 51.8 Å². The molecular formula is C20H29FN4O. The molecule has 1 saturated carbocycles. The fourth-order valence-corrected chi connectivity index (χ4v) is 3.24. The van der Waals surface area contributed by atoms with E-state index in [1.165, 1.54) is 6.07 Å². The molecule has 1 fully saturated rings. The number of rotatable bonds is 6. The molecule has 26 heavy (non-hydrogen) atoms. The van der Waals surface area contributed by atoms with E-state index in [4.69, 9.17) is 0 Å². The Bertz CT molecular complexity index is 677. The molecule has 1 aliphatic rings. The van der Waals surface area contributed by atoms with Crippen molar-refractivity contribution >= 4 is 17.3 Å². The number of amides is 1. The van der Waals surface area contributed by atoms with E-state index in [1.807, 2.05) is 25.8 Å². The third-order valence-corrected chi connectivity index (χ3v) is 5.16. The summed E-state index contributed by atoms with van der Waals surface area (Å²) in [5, 5.41) is 15.4. The van der Waals surface area contributed by atoms with Crippen LogP contribution in [0.15, 0.2) is 18.2 Å². The number of hydrogen-bond donors (Lipinski definition) is 2. The van der Waals surface area contributed by atoms with Crippen molar-refractivity contribution in [1.82, 2.24) is 5.32 Å². The van der Waals surface area contributed by atoms with Gasteiger partial charge in [0, 0.05) is 18.8 Å². The highest BCUT2D eigenvalue weighted by Gasteiger charge is 2.34. The van der Waals surface area contributed by atoms with E-state index in [2.05, 4.69) is 16.7 Å². The lowest BCUT2D eigenvalue weighted by atomic mass is 9.82. The molecule has 1 aliphatic carbocycles. The minimum absolute atomic E-state index is 0.186. The van der Waals surface area contributed by atoms with Crippen molar-refractivity contribution in [2.75, 3.05) is 17.3 Å². The molecule has 5 nitrogen and oxygen atoms in total. The van der Waals surface area contributed by atoms with Crippen LogP contribution in [0.5, 0.6) is 0 Å². The Hall–Kier alpha value is -2.29. The highest BCUT2D eigenvalue weighted by molar-refractivity contribution is 5.85. The van der Waals surface area contributed by atoms with E-state index in [1.54, 1.807) is 19.1 Å². The van der Waals surface area contributed by atoms with Gasteiger partial charge in [0.15, 0.2) is 0 Å². The minimum Gasteiger partial charge on any atom is -0.374 e. The molecule has 1 aromatic carbocycles. The topological polar surface area (TPSA) is 68.2 Å². The monoisotopic (exact) mass is 360 g/mol. The summed E-state index contributed by atoms with van der Waals surface area (Å²) in [5.41, 5.74) is 0.300. The molecule has 0 aromatic heterocycles. The van der Waals surface area contributed by atoms with Gasteiger partial charge in [0.2, 0.25) is 5.91 Å². The number of benzene rings is 1. The molecule has 2 N–H and O–H groups in total. The largest absolute Gasteiger partial charge is 0.374 e. The quantitative estimate of drug-likeness (QED) is 0.809. The first-order valence-corrected chi connectivity index (χ1v) is 9.30. The zero-order chi connectivity index (χ0) is 19.3. The van der Waals surface area contributed by atoms with Crippen molar-refractivity contribution in [3.8, 4) is 6.07 Å². The zero-order valence-electron chi connectivity index (χ0n) is 16.1. The van der Waals surface area contributed by atoms with Gasteiger partial charge in [-0.2, -0.15) is 5.26 Å². The third-order valence-electron chi connectivity index (χ3n) is 5.16. The number of nitriles is 1. The number of nitrogens with one attached hydrogen (secondary N) is 2.